The number of rotatable bonds is 5. The first-order chi connectivity index (χ1) is 11.2. The second-order valence-corrected chi connectivity index (χ2v) is 6.69. The first kappa shape index (κ1) is 18.2. The molecule has 0 saturated heterocycles. The van der Waals surface area contributed by atoms with Crippen molar-refractivity contribution in [2.75, 3.05) is 7.11 Å². The van der Waals surface area contributed by atoms with Crippen LogP contribution in [-0.4, -0.2) is 21.5 Å². The van der Waals surface area contributed by atoms with Crippen molar-refractivity contribution in [3.05, 3.63) is 58.4 Å². The lowest BCUT2D eigenvalue weighted by atomic mass is 10.2. The molecule has 0 amide bonds. The maximum absolute atomic E-state index is 13.3. The molecule has 0 fully saturated rings. The molecule has 2 aromatic rings. The number of hydrogen-bond donors (Lipinski definition) is 1. The first-order valence-electron chi connectivity index (χ1n) is 6.54. The Morgan fingerprint density at radius 3 is 2.58 bits per heavy atom. The van der Waals surface area contributed by atoms with E-state index in [1.807, 2.05) is 0 Å². The Morgan fingerprint density at radius 2 is 1.96 bits per heavy atom. The molecule has 0 spiro atoms. The van der Waals surface area contributed by atoms with Crippen LogP contribution in [0.2, 0.25) is 5.02 Å². The summed E-state index contributed by atoms with van der Waals surface area (Å²) in [6.45, 7) is -0.282. The highest BCUT2D eigenvalue weighted by Crippen LogP contribution is 2.23. The molecule has 0 aromatic heterocycles. The summed E-state index contributed by atoms with van der Waals surface area (Å²) in [5.41, 5.74) is 0.142. The highest BCUT2D eigenvalue weighted by atomic mass is 35.5. The summed E-state index contributed by atoms with van der Waals surface area (Å²) in [4.78, 5) is 11.8. The first-order valence-corrected chi connectivity index (χ1v) is 8.46. The van der Waals surface area contributed by atoms with Crippen molar-refractivity contribution in [3.63, 3.8) is 0 Å². The van der Waals surface area contributed by atoms with Crippen molar-refractivity contribution in [1.82, 2.24) is 0 Å². The minimum Gasteiger partial charge on any atom is -0.496 e. The number of carbonyl (C=O) groups is 1. The number of hydrogen-bond acceptors (Lipinski definition) is 5. The zero-order valence-electron chi connectivity index (χ0n) is 12.5. The fourth-order valence-corrected chi connectivity index (χ4v) is 2.65. The van der Waals surface area contributed by atoms with Gasteiger partial charge in [-0.25, -0.2) is 22.7 Å². The standard InChI is InChI=1S/C15H13ClFNO5S/c1-22-14-5-2-10(17)6-9(14)8-23-15(19)12-7-11(24(18,20)21)3-4-13(12)16/h2-7H,8H2,1H3,(H2,18,20,21). The van der Waals surface area contributed by atoms with E-state index >= 15 is 0 Å². The van der Waals surface area contributed by atoms with Crippen LogP contribution in [0, 0.1) is 5.82 Å². The van der Waals surface area contributed by atoms with Gasteiger partial charge in [0.15, 0.2) is 0 Å². The summed E-state index contributed by atoms with van der Waals surface area (Å²) in [7, 11) is -2.60. The maximum atomic E-state index is 13.3. The molecule has 0 atom stereocenters. The van der Waals surface area contributed by atoms with E-state index in [4.69, 9.17) is 26.2 Å². The predicted molar refractivity (Wildman–Crippen MR) is 84.9 cm³/mol. The Balaban J connectivity index is 2.24. The van der Waals surface area contributed by atoms with Crippen LogP contribution in [0.5, 0.6) is 5.75 Å². The van der Waals surface area contributed by atoms with Gasteiger partial charge in [-0.05, 0) is 36.4 Å². The number of sulfonamides is 1. The Hall–Kier alpha value is -2.16. The van der Waals surface area contributed by atoms with E-state index in [1.54, 1.807) is 0 Å². The van der Waals surface area contributed by atoms with Crippen molar-refractivity contribution >= 4 is 27.6 Å². The largest absolute Gasteiger partial charge is 0.496 e. The van der Waals surface area contributed by atoms with Crippen LogP contribution in [-0.2, 0) is 21.4 Å². The molecular weight excluding hydrogens is 361 g/mol. The summed E-state index contributed by atoms with van der Waals surface area (Å²) in [6.07, 6.45) is 0. The third kappa shape index (κ3) is 4.22. The summed E-state index contributed by atoms with van der Waals surface area (Å²) in [5, 5.41) is 5.01. The lowest BCUT2D eigenvalue weighted by Crippen LogP contribution is -2.14. The number of halogens is 2. The summed E-state index contributed by atoms with van der Waals surface area (Å²) < 4.78 is 46.1. The van der Waals surface area contributed by atoms with Crippen molar-refractivity contribution in [3.8, 4) is 5.75 Å². The fourth-order valence-electron chi connectivity index (χ4n) is 1.92. The average molecular weight is 374 g/mol. The average Bonchev–Trinajstić information content (AvgIpc) is 2.52. The van der Waals surface area contributed by atoms with Gasteiger partial charge >= 0.3 is 5.97 Å². The van der Waals surface area contributed by atoms with Gasteiger partial charge in [0.2, 0.25) is 10.0 Å². The number of esters is 1. The van der Waals surface area contributed by atoms with E-state index in [-0.39, 0.29) is 22.1 Å². The van der Waals surface area contributed by atoms with Gasteiger partial charge in [0.25, 0.3) is 0 Å². The molecule has 0 saturated carbocycles. The van der Waals surface area contributed by atoms with Crippen molar-refractivity contribution < 1.29 is 27.1 Å². The molecule has 0 heterocycles. The Bertz CT molecular complexity index is 885. The van der Waals surface area contributed by atoms with Crippen LogP contribution in [0.1, 0.15) is 15.9 Å². The van der Waals surface area contributed by atoms with E-state index in [2.05, 4.69) is 0 Å². The van der Waals surface area contributed by atoms with Gasteiger partial charge in [0.1, 0.15) is 18.2 Å². The van der Waals surface area contributed by atoms with Gasteiger partial charge in [-0.3, -0.25) is 0 Å². The molecule has 2 rings (SSSR count). The van der Waals surface area contributed by atoms with Gasteiger partial charge in [-0.1, -0.05) is 11.6 Å². The highest BCUT2D eigenvalue weighted by Gasteiger charge is 2.18. The van der Waals surface area contributed by atoms with E-state index in [9.17, 15) is 17.6 Å². The highest BCUT2D eigenvalue weighted by molar-refractivity contribution is 7.89. The zero-order valence-corrected chi connectivity index (χ0v) is 14.0. The monoisotopic (exact) mass is 373 g/mol. The van der Waals surface area contributed by atoms with Crippen LogP contribution < -0.4 is 9.88 Å². The molecule has 0 radical (unpaired) electrons. The molecule has 2 N–H and O–H groups in total. The smallest absolute Gasteiger partial charge is 0.340 e. The van der Waals surface area contributed by atoms with Crippen LogP contribution in [0.15, 0.2) is 41.3 Å². The summed E-state index contributed by atoms with van der Waals surface area (Å²) >= 11 is 5.89. The minimum absolute atomic E-state index is 0.00129. The van der Waals surface area contributed by atoms with Gasteiger partial charge < -0.3 is 9.47 Å². The topological polar surface area (TPSA) is 95.7 Å². The fraction of sp³-hybridized carbons (Fsp3) is 0.133. The Morgan fingerprint density at radius 1 is 1.25 bits per heavy atom. The molecule has 9 heteroatoms. The summed E-state index contributed by atoms with van der Waals surface area (Å²) in [5.74, 6) is -1.05. The van der Waals surface area contributed by atoms with Gasteiger partial charge in [0, 0.05) is 5.56 Å². The third-order valence-corrected chi connectivity index (χ3v) is 4.33. The number of benzene rings is 2. The van der Waals surface area contributed by atoms with Gasteiger partial charge in [0.05, 0.1) is 22.6 Å². The van der Waals surface area contributed by atoms with Crippen molar-refractivity contribution in [2.24, 2.45) is 5.14 Å². The van der Waals surface area contributed by atoms with Crippen molar-refractivity contribution in [1.29, 1.82) is 0 Å². The van der Waals surface area contributed by atoms with Crippen molar-refractivity contribution in [2.45, 2.75) is 11.5 Å². The third-order valence-electron chi connectivity index (χ3n) is 3.09. The molecule has 0 aliphatic carbocycles. The predicted octanol–water partition coefficient (Wildman–Crippen LogP) is 2.49. The molecule has 0 aliphatic heterocycles. The van der Waals surface area contributed by atoms with E-state index in [1.165, 1.54) is 31.4 Å². The zero-order chi connectivity index (χ0) is 17.9. The Labute approximate surface area is 143 Å². The van der Waals surface area contributed by atoms with Crippen LogP contribution in [0.3, 0.4) is 0 Å². The molecule has 6 nitrogen and oxygen atoms in total. The molecular formula is C15H13ClFNO5S. The molecule has 24 heavy (non-hydrogen) atoms. The Kier molecular flexibility index (Phi) is 5.43. The number of primary sulfonamides is 1. The maximum Gasteiger partial charge on any atom is 0.340 e. The molecule has 0 unspecified atom stereocenters. The number of ether oxygens (including phenoxy) is 2. The lowest BCUT2D eigenvalue weighted by molar-refractivity contribution is 0.0469. The number of methoxy groups -OCH3 is 1. The second kappa shape index (κ2) is 7.16. The van der Waals surface area contributed by atoms with E-state index < -0.39 is 21.8 Å². The van der Waals surface area contributed by atoms with Crippen LogP contribution in [0.25, 0.3) is 0 Å². The normalized spacial score (nSPS) is 11.2. The van der Waals surface area contributed by atoms with E-state index in [0.29, 0.717) is 11.3 Å². The number of nitrogens with two attached hydrogens (primary N) is 1. The molecule has 0 bridgehead atoms. The second-order valence-electron chi connectivity index (χ2n) is 4.72. The van der Waals surface area contributed by atoms with E-state index in [0.717, 1.165) is 12.1 Å². The van der Waals surface area contributed by atoms with Gasteiger partial charge in [-0.2, -0.15) is 0 Å². The SMILES string of the molecule is COc1ccc(F)cc1COC(=O)c1cc(S(N)(=O)=O)ccc1Cl. The van der Waals surface area contributed by atoms with Gasteiger partial charge in [-0.15, -0.1) is 0 Å². The lowest BCUT2D eigenvalue weighted by Gasteiger charge is -2.10. The van der Waals surface area contributed by atoms with Crippen LogP contribution in [0.4, 0.5) is 4.39 Å². The quantitative estimate of drug-likeness (QED) is 0.812. The molecule has 0 aliphatic rings. The molecule has 2 aromatic carbocycles. The molecule has 128 valence electrons. The summed E-state index contributed by atoms with van der Waals surface area (Å²) in [6, 6.07) is 7.17. The number of carbonyl (C=O) groups excluding carboxylic acids is 1. The minimum atomic E-state index is -4.00. The van der Waals surface area contributed by atoms with Crippen LogP contribution >= 0.6 is 11.6 Å².